The first-order valence-corrected chi connectivity index (χ1v) is 18.4. The summed E-state index contributed by atoms with van der Waals surface area (Å²) in [7, 11) is 0. The van der Waals surface area contributed by atoms with Crippen molar-refractivity contribution < 1.29 is 99.5 Å². The van der Waals surface area contributed by atoms with Crippen LogP contribution in [0, 0.1) is 11.8 Å². The van der Waals surface area contributed by atoms with Crippen LogP contribution < -0.4 is 0 Å². The Bertz CT molecular complexity index is 1170. The smallest absolute Gasteiger partial charge is 0.187 e. The zero-order valence-corrected chi connectivity index (χ0v) is 29.2. The van der Waals surface area contributed by atoms with E-state index in [4.69, 9.17) is 33.2 Å². The van der Waals surface area contributed by atoms with E-state index >= 15 is 0 Å². The van der Waals surface area contributed by atoms with E-state index < -0.39 is 154 Å². The molecule has 53 heavy (non-hydrogen) atoms. The van der Waals surface area contributed by atoms with E-state index in [0.29, 0.717) is 6.42 Å². The first-order valence-electron chi connectivity index (χ1n) is 18.4. The molecule has 24 atom stereocenters. The average molecular weight is 773 g/mol. The number of aliphatic hydroxyl groups is 13. The number of rotatable bonds is 9. The van der Waals surface area contributed by atoms with Crippen molar-refractivity contribution in [1.82, 2.24) is 0 Å². The molecule has 0 radical (unpaired) electrons. The monoisotopic (exact) mass is 772 g/mol. The van der Waals surface area contributed by atoms with Gasteiger partial charge in [0, 0.05) is 5.92 Å². The van der Waals surface area contributed by atoms with E-state index in [1.165, 1.54) is 6.92 Å². The molecule has 20 heteroatoms. The highest BCUT2D eigenvalue weighted by molar-refractivity contribution is 5.00. The summed E-state index contributed by atoms with van der Waals surface area (Å²) >= 11 is 0. The molecular weight excluding hydrogens is 716 g/mol. The molecule has 6 rings (SSSR count). The summed E-state index contributed by atoms with van der Waals surface area (Å²) in [4.78, 5) is 0. The van der Waals surface area contributed by atoms with Gasteiger partial charge in [-0.2, -0.15) is 0 Å². The lowest BCUT2D eigenvalue weighted by atomic mass is 9.72. The molecular formula is C33H56O20. The van der Waals surface area contributed by atoms with E-state index in [1.54, 1.807) is 0 Å². The first kappa shape index (κ1) is 41.8. The Morgan fingerprint density at radius 3 is 1.91 bits per heavy atom. The highest BCUT2D eigenvalue weighted by Gasteiger charge is 2.55. The Labute approximate surface area is 305 Å². The minimum atomic E-state index is -1.90. The number of hydrogen-bond donors (Lipinski definition) is 13. The maximum absolute atomic E-state index is 11.5. The summed E-state index contributed by atoms with van der Waals surface area (Å²) in [6.45, 7) is 0.0964. The van der Waals surface area contributed by atoms with Crippen molar-refractivity contribution in [1.29, 1.82) is 0 Å². The van der Waals surface area contributed by atoms with Gasteiger partial charge in [-0.15, -0.1) is 0 Å². The van der Waals surface area contributed by atoms with Gasteiger partial charge in [0.15, 0.2) is 18.9 Å². The molecule has 0 amide bonds. The van der Waals surface area contributed by atoms with Crippen LogP contribution >= 0.6 is 0 Å². The van der Waals surface area contributed by atoms with Crippen molar-refractivity contribution in [3.05, 3.63) is 0 Å². The van der Waals surface area contributed by atoms with Crippen molar-refractivity contribution in [3.8, 4) is 0 Å². The second-order valence-electron chi connectivity index (χ2n) is 15.5. The zero-order valence-electron chi connectivity index (χ0n) is 29.2. The van der Waals surface area contributed by atoms with Crippen LogP contribution in [0.1, 0.15) is 45.4 Å². The molecule has 0 aromatic carbocycles. The molecule has 0 spiro atoms. The zero-order chi connectivity index (χ0) is 38.5. The van der Waals surface area contributed by atoms with Crippen LogP contribution in [0.2, 0.25) is 0 Å². The predicted octanol–water partition coefficient (Wildman–Crippen LogP) is -6.34. The standard InChI is InChI=1S/C33H56O20/c1-10-21(39)24(42)27(45)31(48-10)47-9-20-23(41)26(44)30(53-32-28(46)25(43)22(40)19(8-34)51-32)33(52-20)50-18-7-13-15(37)5-12(35)6-17(13)49-29(18)11-2-3-14(36)16(38)4-11/h10-46H,2-9H2,1H3. The number of ether oxygens (including phenoxy) is 7. The van der Waals surface area contributed by atoms with Crippen LogP contribution in [0.4, 0.5) is 0 Å². The molecule has 4 aliphatic heterocycles. The van der Waals surface area contributed by atoms with Crippen molar-refractivity contribution in [2.45, 2.75) is 180 Å². The Balaban J connectivity index is 1.27. The van der Waals surface area contributed by atoms with Gasteiger partial charge in [-0.1, -0.05) is 0 Å². The van der Waals surface area contributed by atoms with Gasteiger partial charge >= 0.3 is 0 Å². The lowest BCUT2D eigenvalue weighted by molar-refractivity contribution is -0.383. The van der Waals surface area contributed by atoms with E-state index in [-0.39, 0.29) is 38.0 Å². The first-order chi connectivity index (χ1) is 25.1. The SMILES string of the molecule is CC1OC(OCC2OC(OC3CC4C(O)CC(O)CC4OC3C3CCC(O)C(O)C3)C(OC3OC(CO)C(O)C(O)C3O)C(O)C2O)C(O)C(O)C1O. The molecule has 4 heterocycles. The van der Waals surface area contributed by atoms with Crippen LogP contribution in [0.5, 0.6) is 0 Å². The lowest BCUT2D eigenvalue weighted by Gasteiger charge is -2.52. The van der Waals surface area contributed by atoms with Crippen LogP contribution in [-0.4, -0.2) is 214 Å². The van der Waals surface area contributed by atoms with Gasteiger partial charge < -0.3 is 99.5 Å². The molecule has 20 nitrogen and oxygen atoms in total. The minimum absolute atomic E-state index is 0.0861. The van der Waals surface area contributed by atoms with Crippen molar-refractivity contribution >= 4 is 0 Å². The van der Waals surface area contributed by atoms with Gasteiger partial charge in [0.25, 0.3) is 0 Å². The molecule has 0 aromatic rings. The Kier molecular flexibility index (Phi) is 13.7. The predicted molar refractivity (Wildman–Crippen MR) is 170 cm³/mol. The third kappa shape index (κ3) is 8.72. The average Bonchev–Trinajstić information content (AvgIpc) is 3.12. The molecule has 6 fully saturated rings. The van der Waals surface area contributed by atoms with Gasteiger partial charge in [-0.25, -0.2) is 0 Å². The largest absolute Gasteiger partial charge is 0.394 e. The summed E-state index contributed by atoms with van der Waals surface area (Å²) in [6.07, 6.45) is -29.2. The van der Waals surface area contributed by atoms with Crippen LogP contribution in [0.25, 0.3) is 0 Å². The van der Waals surface area contributed by atoms with Gasteiger partial charge in [0.1, 0.15) is 67.1 Å². The lowest BCUT2D eigenvalue weighted by Crippen LogP contribution is -2.66. The fourth-order valence-electron chi connectivity index (χ4n) is 8.55. The van der Waals surface area contributed by atoms with Gasteiger partial charge in [-0.05, 0) is 51.4 Å². The molecule has 2 aliphatic carbocycles. The molecule has 308 valence electrons. The third-order valence-electron chi connectivity index (χ3n) is 11.8. The Morgan fingerprint density at radius 2 is 1.21 bits per heavy atom. The molecule has 4 saturated heterocycles. The number of aliphatic hydroxyl groups excluding tert-OH is 13. The summed E-state index contributed by atoms with van der Waals surface area (Å²) in [5, 5.41) is 137. The Hall–Kier alpha value is -0.800. The van der Waals surface area contributed by atoms with E-state index in [1.807, 2.05) is 0 Å². The van der Waals surface area contributed by atoms with Crippen molar-refractivity contribution in [3.63, 3.8) is 0 Å². The second kappa shape index (κ2) is 17.4. The normalized spacial score (nSPS) is 55.4. The second-order valence-corrected chi connectivity index (χ2v) is 15.5. The van der Waals surface area contributed by atoms with Crippen molar-refractivity contribution in [2.24, 2.45) is 11.8 Å². The van der Waals surface area contributed by atoms with Crippen LogP contribution in [-0.2, 0) is 33.2 Å². The molecule has 2 saturated carbocycles. The summed E-state index contributed by atoms with van der Waals surface area (Å²) in [5.74, 6) is -0.900. The van der Waals surface area contributed by atoms with Crippen LogP contribution in [0.15, 0.2) is 0 Å². The summed E-state index contributed by atoms with van der Waals surface area (Å²) < 4.78 is 41.7. The van der Waals surface area contributed by atoms with Gasteiger partial charge in [-0.3, -0.25) is 0 Å². The van der Waals surface area contributed by atoms with E-state index in [2.05, 4.69) is 0 Å². The summed E-state index contributed by atoms with van der Waals surface area (Å²) in [5.41, 5.74) is 0. The highest BCUT2D eigenvalue weighted by Crippen LogP contribution is 2.44. The van der Waals surface area contributed by atoms with Gasteiger partial charge in [0.05, 0.1) is 62.0 Å². The maximum atomic E-state index is 11.5. The fraction of sp³-hybridized carbons (Fsp3) is 1.00. The fourth-order valence-corrected chi connectivity index (χ4v) is 8.55. The maximum Gasteiger partial charge on any atom is 0.187 e. The van der Waals surface area contributed by atoms with Crippen molar-refractivity contribution in [2.75, 3.05) is 13.2 Å². The molecule has 24 unspecified atom stereocenters. The van der Waals surface area contributed by atoms with E-state index in [0.717, 1.165) is 0 Å². The van der Waals surface area contributed by atoms with Crippen LogP contribution in [0.3, 0.4) is 0 Å². The topological polar surface area (TPSA) is 328 Å². The Morgan fingerprint density at radius 1 is 0.547 bits per heavy atom. The van der Waals surface area contributed by atoms with Gasteiger partial charge in [0.2, 0.25) is 0 Å². The molecule has 0 aromatic heterocycles. The quantitative estimate of drug-likeness (QED) is 0.104. The van der Waals surface area contributed by atoms with E-state index in [9.17, 15) is 66.4 Å². The third-order valence-corrected chi connectivity index (χ3v) is 11.8. The minimum Gasteiger partial charge on any atom is -0.394 e. The molecule has 6 aliphatic rings. The number of hydrogen-bond acceptors (Lipinski definition) is 20. The summed E-state index contributed by atoms with van der Waals surface area (Å²) in [6, 6.07) is 0. The number of fused-ring (bicyclic) bond motifs is 1. The highest BCUT2D eigenvalue weighted by atomic mass is 16.8. The molecule has 0 bridgehead atoms. The molecule has 13 N–H and O–H groups in total.